The van der Waals surface area contributed by atoms with Crippen LogP contribution in [0.25, 0.3) is 5.69 Å². The van der Waals surface area contributed by atoms with E-state index in [0.29, 0.717) is 22.1 Å². The highest BCUT2D eigenvalue weighted by atomic mass is 35.5. The van der Waals surface area contributed by atoms with Crippen molar-refractivity contribution < 1.29 is 27.5 Å². The van der Waals surface area contributed by atoms with Gasteiger partial charge >= 0.3 is 5.97 Å². The number of hydrogen-bond donors (Lipinski definition) is 2. The summed E-state index contributed by atoms with van der Waals surface area (Å²) < 4.78 is 38.5. The Labute approximate surface area is 194 Å². The first-order valence-corrected chi connectivity index (χ1v) is 11.3. The monoisotopic (exact) mass is 493 g/mol. The van der Waals surface area contributed by atoms with Crippen LogP contribution in [0.5, 0.6) is 5.75 Å². The van der Waals surface area contributed by atoms with Gasteiger partial charge in [-0.25, -0.2) is 18.1 Å². The van der Waals surface area contributed by atoms with E-state index in [0.717, 1.165) is 0 Å². The number of hydrogen-bond acceptors (Lipinski definition) is 8. The number of ether oxygens (including phenoxy) is 2. The average molecular weight is 494 g/mol. The van der Waals surface area contributed by atoms with Crippen LogP contribution < -0.4 is 14.8 Å². The smallest absolute Gasteiger partial charge is 0.324 e. The Morgan fingerprint density at radius 2 is 1.91 bits per heavy atom. The molecule has 2 aromatic carbocycles. The number of benzene rings is 2. The molecule has 1 amide bonds. The molecule has 13 heteroatoms. The van der Waals surface area contributed by atoms with Crippen molar-refractivity contribution in [2.45, 2.75) is 17.9 Å². The zero-order valence-electron chi connectivity index (χ0n) is 17.6. The van der Waals surface area contributed by atoms with Gasteiger partial charge in [-0.15, -0.1) is 0 Å². The highest BCUT2D eigenvalue weighted by Gasteiger charge is 2.24. The SMILES string of the molecule is COc1ccc(S(=O)(=O)NC(C)C(=O)OCC(=O)Nc2cc(Cl)ccc2-n2cncn2)cc1. The third kappa shape index (κ3) is 6.28. The van der Waals surface area contributed by atoms with Crippen LogP contribution in [0.4, 0.5) is 5.69 Å². The summed E-state index contributed by atoms with van der Waals surface area (Å²) >= 11 is 6.01. The summed E-state index contributed by atoms with van der Waals surface area (Å²) in [6, 6.07) is 9.15. The van der Waals surface area contributed by atoms with Gasteiger partial charge in [0.25, 0.3) is 5.91 Å². The minimum absolute atomic E-state index is 0.0534. The number of nitrogens with one attached hydrogen (secondary N) is 2. The van der Waals surface area contributed by atoms with Crippen molar-refractivity contribution >= 4 is 39.2 Å². The molecule has 174 valence electrons. The molecule has 0 spiro atoms. The predicted octanol–water partition coefficient (Wildman–Crippen LogP) is 1.78. The molecule has 1 atom stereocenters. The number of carbonyl (C=O) groups is 2. The molecule has 3 aromatic rings. The Hall–Kier alpha value is -3.48. The fourth-order valence-corrected chi connectivity index (χ4v) is 4.06. The number of esters is 1. The van der Waals surface area contributed by atoms with Crippen LogP contribution in [-0.2, 0) is 24.3 Å². The van der Waals surface area contributed by atoms with Gasteiger partial charge in [-0.2, -0.15) is 9.82 Å². The van der Waals surface area contributed by atoms with Crippen molar-refractivity contribution in [2.24, 2.45) is 0 Å². The van der Waals surface area contributed by atoms with Crippen LogP contribution in [-0.4, -0.2) is 54.8 Å². The first-order chi connectivity index (χ1) is 15.7. The van der Waals surface area contributed by atoms with E-state index in [4.69, 9.17) is 21.1 Å². The molecule has 11 nitrogen and oxygen atoms in total. The standard InChI is InChI=1S/C20H20ClN5O6S/c1-13(25-33(29,30)16-6-4-15(31-2)5-7-16)20(28)32-10-19(27)24-17-9-14(21)3-8-18(17)26-12-22-11-23-26/h3-9,11-13,25H,10H2,1-2H3,(H,24,27). The zero-order chi connectivity index (χ0) is 24.0. The maximum atomic E-state index is 12.4. The van der Waals surface area contributed by atoms with Crippen LogP contribution in [0, 0.1) is 0 Å². The lowest BCUT2D eigenvalue weighted by Gasteiger charge is -2.15. The van der Waals surface area contributed by atoms with Crippen LogP contribution >= 0.6 is 11.6 Å². The normalized spacial score (nSPS) is 12.1. The van der Waals surface area contributed by atoms with Crippen molar-refractivity contribution in [3.8, 4) is 11.4 Å². The number of amides is 1. The molecule has 0 radical (unpaired) electrons. The van der Waals surface area contributed by atoms with Gasteiger partial charge in [-0.1, -0.05) is 11.6 Å². The van der Waals surface area contributed by atoms with E-state index < -0.39 is 34.5 Å². The van der Waals surface area contributed by atoms with E-state index in [9.17, 15) is 18.0 Å². The molecule has 33 heavy (non-hydrogen) atoms. The summed E-state index contributed by atoms with van der Waals surface area (Å²) in [5.41, 5.74) is 0.819. The lowest BCUT2D eigenvalue weighted by molar-refractivity contribution is -0.148. The molecular weight excluding hydrogens is 474 g/mol. The van der Waals surface area contributed by atoms with Crippen molar-refractivity contribution in [3.63, 3.8) is 0 Å². The zero-order valence-corrected chi connectivity index (χ0v) is 19.1. The minimum Gasteiger partial charge on any atom is -0.497 e. The maximum Gasteiger partial charge on any atom is 0.324 e. The van der Waals surface area contributed by atoms with Crippen LogP contribution in [0.1, 0.15) is 6.92 Å². The Morgan fingerprint density at radius 1 is 1.18 bits per heavy atom. The van der Waals surface area contributed by atoms with E-state index in [1.54, 1.807) is 12.1 Å². The van der Waals surface area contributed by atoms with Crippen LogP contribution in [0.15, 0.2) is 60.0 Å². The molecule has 0 aliphatic carbocycles. The highest BCUT2D eigenvalue weighted by Crippen LogP contribution is 2.24. The Kier molecular flexibility index (Phi) is 7.63. The highest BCUT2D eigenvalue weighted by molar-refractivity contribution is 7.89. The number of halogens is 1. The second-order valence-corrected chi connectivity index (χ2v) is 8.83. The number of nitrogens with zero attached hydrogens (tertiary/aromatic N) is 3. The molecule has 3 rings (SSSR count). The van der Waals surface area contributed by atoms with Gasteiger partial charge in [0.05, 0.1) is 23.4 Å². The van der Waals surface area contributed by atoms with Crippen LogP contribution in [0.2, 0.25) is 5.02 Å². The van der Waals surface area contributed by atoms with Gasteiger partial charge in [0.2, 0.25) is 10.0 Å². The summed E-state index contributed by atoms with van der Waals surface area (Å²) in [6.07, 6.45) is 2.77. The van der Waals surface area contributed by atoms with E-state index in [2.05, 4.69) is 20.1 Å². The van der Waals surface area contributed by atoms with Gasteiger partial charge in [0.1, 0.15) is 24.4 Å². The summed E-state index contributed by atoms with van der Waals surface area (Å²) in [7, 11) is -2.53. The molecule has 1 aromatic heterocycles. The number of carbonyl (C=O) groups excluding carboxylic acids is 2. The molecule has 0 saturated heterocycles. The van der Waals surface area contributed by atoms with Crippen molar-refractivity contribution in [1.29, 1.82) is 0 Å². The molecule has 1 heterocycles. The van der Waals surface area contributed by atoms with E-state index >= 15 is 0 Å². The number of aromatic nitrogens is 3. The lowest BCUT2D eigenvalue weighted by Crippen LogP contribution is -2.40. The number of rotatable bonds is 9. The quantitative estimate of drug-likeness (QED) is 0.429. The van der Waals surface area contributed by atoms with Crippen molar-refractivity contribution in [3.05, 3.63) is 60.1 Å². The first kappa shape index (κ1) is 24.2. The summed E-state index contributed by atoms with van der Waals surface area (Å²) in [4.78, 5) is 28.3. The fourth-order valence-electron chi connectivity index (χ4n) is 2.69. The second-order valence-electron chi connectivity index (χ2n) is 6.68. The van der Waals surface area contributed by atoms with E-state index in [1.807, 2.05) is 0 Å². The van der Waals surface area contributed by atoms with Crippen molar-refractivity contribution in [2.75, 3.05) is 19.0 Å². The Balaban J connectivity index is 1.58. The second kappa shape index (κ2) is 10.4. The molecule has 0 aliphatic heterocycles. The third-order valence-electron chi connectivity index (χ3n) is 4.30. The van der Waals surface area contributed by atoms with Gasteiger partial charge in [0, 0.05) is 5.02 Å². The fraction of sp³-hybridized carbons (Fsp3) is 0.200. The van der Waals surface area contributed by atoms with E-state index in [-0.39, 0.29) is 4.90 Å². The number of sulfonamides is 1. The predicted molar refractivity (Wildman–Crippen MR) is 119 cm³/mol. The minimum atomic E-state index is -3.99. The topological polar surface area (TPSA) is 142 Å². The van der Waals surface area contributed by atoms with Crippen molar-refractivity contribution in [1.82, 2.24) is 19.5 Å². The largest absolute Gasteiger partial charge is 0.497 e. The molecule has 0 fully saturated rings. The molecule has 0 aliphatic rings. The molecule has 0 saturated carbocycles. The van der Waals surface area contributed by atoms with Gasteiger partial charge in [0.15, 0.2) is 6.61 Å². The average Bonchev–Trinajstić information content (AvgIpc) is 3.32. The van der Waals surface area contributed by atoms with Gasteiger partial charge in [-0.3, -0.25) is 9.59 Å². The van der Waals surface area contributed by atoms with E-state index in [1.165, 1.54) is 61.7 Å². The number of anilines is 1. The molecular formula is C20H20ClN5O6S. The summed E-state index contributed by atoms with van der Waals surface area (Å²) in [5.74, 6) is -1.10. The first-order valence-electron chi connectivity index (χ1n) is 9.47. The third-order valence-corrected chi connectivity index (χ3v) is 6.09. The van der Waals surface area contributed by atoms with Gasteiger partial charge < -0.3 is 14.8 Å². The Morgan fingerprint density at radius 3 is 2.55 bits per heavy atom. The molecule has 0 bridgehead atoms. The van der Waals surface area contributed by atoms with Crippen LogP contribution in [0.3, 0.4) is 0 Å². The summed E-state index contributed by atoms with van der Waals surface area (Å²) in [6.45, 7) is 0.665. The van der Waals surface area contributed by atoms with Gasteiger partial charge in [-0.05, 0) is 49.4 Å². The Bertz CT molecular complexity index is 1230. The number of methoxy groups -OCH3 is 1. The maximum absolute atomic E-state index is 12.4. The molecule has 2 N–H and O–H groups in total. The summed E-state index contributed by atoms with van der Waals surface area (Å²) in [5, 5.41) is 6.95. The molecule has 1 unspecified atom stereocenters. The lowest BCUT2D eigenvalue weighted by atomic mass is 10.2.